The molecule has 28 heavy (non-hydrogen) atoms. The molecule has 0 saturated heterocycles. The second kappa shape index (κ2) is 6.68. The number of hydrogen-bond acceptors (Lipinski definition) is 5. The molecule has 4 rings (SSSR count). The topological polar surface area (TPSA) is 95.1 Å². The predicted molar refractivity (Wildman–Crippen MR) is 98.5 cm³/mol. The summed E-state index contributed by atoms with van der Waals surface area (Å²) in [5.41, 5.74) is 11.9. The molecule has 1 saturated carbocycles. The average molecular weight is 411 g/mol. The van der Waals surface area contributed by atoms with Crippen molar-refractivity contribution in [1.29, 1.82) is 0 Å². The molecule has 0 aromatic carbocycles. The molecule has 0 unspecified atom stereocenters. The maximum atomic E-state index is 13.1. The van der Waals surface area contributed by atoms with Gasteiger partial charge in [0.05, 0.1) is 28.0 Å². The van der Waals surface area contributed by atoms with Gasteiger partial charge in [-0.15, -0.1) is 0 Å². The largest absolute Gasteiger partial charge is 0.417 e. The predicted octanol–water partition coefficient (Wildman–Crippen LogP) is 3.52. The van der Waals surface area contributed by atoms with Crippen LogP contribution in [0.3, 0.4) is 0 Å². The Kier molecular flexibility index (Phi) is 4.56. The van der Waals surface area contributed by atoms with E-state index >= 15 is 0 Å². The number of alkyl halides is 3. The molecule has 3 aromatic rings. The third-order valence-electron chi connectivity index (χ3n) is 5.19. The standard InChI is InChI=1S/C18H18ClF3N6/c19-12-7-26-16(17(24)5-3-11(23)4-6-17)27-15(12)13-8-25-14-2-1-10(9-28(13)14)18(20,21)22/h1-2,7-9,11H,3-6,23-24H2. The van der Waals surface area contributed by atoms with Crippen molar-refractivity contribution in [3.05, 3.63) is 47.1 Å². The highest BCUT2D eigenvalue weighted by Gasteiger charge is 2.35. The van der Waals surface area contributed by atoms with Gasteiger partial charge in [-0.3, -0.25) is 4.40 Å². The number of fused-ring (bicyclic) bond motifs is 1. The normalized spacial score (nSPS) is 23.3. The van der Waals surface area contributed by atoms with Gasteiger partial charge in [-0.05, 0) is 37.8 Å². The van der Waals surface area contributed by atoms with Crippen LogP contribution in [0.1, 0.15) is 37.1 Å². The molecule has 0 spiro atoms. The number of nitrogens with zero attached hydrogens (tertiary/aromatic N) is 4. The maximum absolute atomic E-state index is 13.1. The Labute approximate surface area is 163 Å². The lowest BCUT2D eigenvalue weighted by atomic mass is 9.80. The second-order valence-electron chi connectivity index (χ2n) is 7.17. The Morgan fingerprint density at radius 3 is 2.54 bits per heavy atom. The van der Waals surface area contributed by atoms with Crippen molar-refractivity contribution in [1.82, 2.24) is 19.4 Å². The minimum atomic E-state index is -4.47. The van der Waals surface area contributed by atoms with Gasteiger partial charge in [0.1, 0.15) is 17.2 Å². The molecule has 1 fully saturated rings. The fraction of sp³-hybridized carbons (Fsp3) is 0.389. The number of rotatable bonds is 2. The molecular formula is C18H18ClF3N6. The molecule has 3 heterocycles. The molecule has 0 aliphatic heterocycles. The summed E-state index contributed by atoms with van der Waals surface area (Å²) < 4.78 is 40.7. The summed E-state index contributed by atoms with van der Waals surface area (Å²) >= 11 is 6.28. The van der Waals surface area contributed by atoms with Crippen molar-refractivity contribution in [2.45, 2.75) is 43.4 Å². The van der Waals surface area contributed by atoms with E-state index in [0.29, 0.717) is 30.0 Å². The highest BCUT2D eigenvalue weighted by atomic mass is 35.5. The first-order valence-electron chi connectivity index (χ1n) is 8.79. The first-order chi connectivity index (χ1) is 13.2. The number of halogens is 4. The van der Waals surface area contributed by atoms with Gasteiger partial charge in [-0.1, -0.05) is 11.6 Å². The van der Waals surface area contributed by atoms with Gasteiger partial charge in [-0.25, -0.2) is 15.0 Å². The first kappa shape index (κ1) is 19.1. The zero-order valence-corrected chi connectivity index (χ0v) is 15.5. The maximum Gasteiger partial charge on any atom is 0.417 e. The second-order valence-corrected chi connectivity index (χ2v) is 7.58. The Hall–Kier alpha value is -2.23. The molecule has 4 N–H and O–H groups in total. The van der Waals surface area contributed by atoms with E-state index in [1.807, 2.05) is 0 Å². The molecule has 10 heteroatoms. The Bertz CT molecular complexity index is 1020. The van der Waals surface area contributed by atoms with Crippen LogP contribution in [0.25, 0.3) is 17.0 Å². The van der Waals surface area contributed by atoms with Gasteiger partial charge < -0.3 is 11.5 Å². The van der Waals surface area contributed by atoms with Crippen LogP contribution < -0.4 is 11.5 Å². The monoisotopic (exact) mass is 410 g/mol. The zero-order valence-electron chi connectivity index (χ0n) is 14.7. The summed E-state index contributed by atoms with van der Waals surface area (Å²) in [4.78, 5) is 13.0. The van der Waals surface area contributed by atoms with Crippen LogP contribution in [0.5, 0.6) is 0 Å². The third-order valence-corrected chi connectivity index (χ3v) is 5.46. The molecule has 1 aliphatic carbocycles. The highest BCUT2D eigenvalue weighted by Crippen LogP contribution is 2.36. The molecule has 0 amide bonds. The van der Waals surface area contributed by atoms with Gasteiger partial charge in [0.25, 0.3) is 0 Å². The summed E-state index contributed by atoms with van der Waals surface area (Å²) in [5.74, 6) is 0.403. The van der Waals surface area contributed by atoms with Crippen molar-refractivity contribution in [3.63, 3.8) is 0 Å². The molecule has 0 bridgehead atoms. The fourth-order valence-corrected chi connectivity index (χ4v) is 3.68. The smallest absolute Gasteiger partial charge is 0.328 e. The van der Waals surface area contributed by atoms with E-state index < -0.39 is 17.3 Å². The van der Waals surface area contributed by atoms with E-state index in [0.717, 1.165) is 25.1 Å². The zero-order chi connectivity index (χ0) is 20.1. The van der Waals surface area contributed by atoms with Crippen LogP contribution in [0.15, 0.2) is 30.7 Å². The van der Waals surface area contributed by atoms with Gasteiger partial charge in [0.2, 0.25) is 0 Å². The fourth-order valence-electron chi connectivity index (χ4n) is 3.49. The lowest BCUT2D eigenvalue weighted by Crippen LogP contribution is -2.45. The van der Waals surface area contributed by atoms with Gasteiger partial charge in [0, 0.05) is 18.4 Å². The summed E-state index contributed by atoms with van der Waals surface area (Å²) in [5, 5.41) is 0.207. The van der Waals surface area contributed by atoms with E-state index in [1.165, 1.54) is 22.9 Å². The molecule has 0 radical (unpaired) electrons. The molecule has 148 valence electrons. The Morgan fingerprint density at radius 1 is 1.14 bits per heavy atom. The van der Waals surface area contributed by atoms with Crippen molar-refractivity contribution < 1.29 is 13.2 Å². The van der Waals surface area contributed by atoms with Crippen LogP contribution >= 0.6 is 11.6 Å². The lowest BCUT2D eigenvalue weighted by Gasteiger charge is -2.34. The van der Waals surface area contributed by atoms with Crippen molar-refractivity contribution in [2.75, 3.05) is 0 Å². The van der Waals surface area contributed by atoms with E-state index in [9.17, 15) is 13.2 Å². The minimum absolute atomic E-state index is 0.100. The summed E-state index contributed by atoms with van der Waals surface area (Å²) in [6, 6.07) is 2.39. The highest BCUT2D eigenvalue weighted by molar-refractivity contribution is 6.32. The van der Waals surface area contributed by atoms with Crippen molar-refractivity contribution >= 4 is 17.2 Å². The van der Waals surface area contributed by atoms with Crippen LogP contribution in [0.4, 0.5) is 13.2 Å². The van der Waals surface area contributed by atoms with Gasteiger partial charge in [0.15, 0.2) is 0 Å². The third kappa shape index (κ3) is 3.34. The SMILES string of the molecule is NC1CCC(N)(c2ncc(Cl)c(-c3cnc4ccc(C(F)(F)F)cn34)n2)CC1. The minimum Gasteiger partial charge on any atom is -0.328 e. The van der Waals surface area contributed by atoms with E-state index in [2.05, 4.69) is 15.0 Å². The van der Waals surface area contributed by atoms with Crippen molar-refractivity contribution in [3.8, 4) is 11.4 Å². The average Bonchev–Trinajstić information content (AvgIpc) is 3.07. The van der Waals surface area contributed by atoms with Crippen LogP contribution in [0, 0.1) is 0 Å². The van der Waals surface area contributed by atoms with Crippen LogP contribution in [-0.2, 0) is 11.7 Å². The van der Waals surface area contributed by atoms with E-state index in [4.69, 9.17) is 23.1 Å². The molecular weight excluding hydrogens is 393 g/mol. The van der Waals surface area contributed by atoms with Gasteiger partial charge >= 0.3 is 6.18 Å². The number of imidazole rings is 1. The summed E-state index contributed by atoms with van der Waals surface area (Å²) in [6.07, 6.45) is 2.13. The first-order valence-corrected chi connectivity index (χ1v) is 9.17. The molecule has 3 aromatic heterocycles. The molecule has 6 nitrogen and oxygen atoms in total. The summed E-state index contributed by atoms with van der Waals surface area (Å²) in [7, 11) is 0. The lowest BCUT2D eigenvalue weighted by molar-refractivity contribution is -0.137. The number of aromatic nitrogens is 4. The molecule has 0 atom stereocenters. The molecule has 1 aliphatic rings. The van der Waals surface area contributed by atoms with Crippen molar-refractivity contribution in [2.24, 2.45) is 11.5 Å². The summed E-state index contributed by atoms with van der Waals surface area (Å²) in [6.45, 7) is 0. The number of pyridine rings is 1. The number of hydrogen-bond donors (Lipinski definition) is 2. The van der Waals surface area contributed by atoms with E-state index in [1.54, 1.807) is 0 Å². The number of nitrogens with two attached hydrogens (primary N) is 2. The Balaban J connectivity index is 1.81. The quantitative estimate of drug-likeness (QED) is 0.674. The van der Waals surface area contributed by atoms with Gasteiger partial charge in [-0.2, -0.15) is 13.2 Å². The Morgan fingerprint density at radius 2 is 1.86 bits per heavy atom. The van der Waals surface area contributed by atoms with Crippen LogP contribution in [0.2, 0.25) is 5.02 Å². The van der Waals surface area contributed by atoms with E-state index in [-0.39, 0.29) is 16.8 Å². The van der Waals surface area contributed by atoms with Crippen LogP contribution in [-0.4, -0.2) is 25.4 Å².